The Kier molecular flexibility index (Phi) is 3.87. The molecular weight excluding hydrogens is 318 g/mol. The van der Waals surface area contributed by atoms with Crippen molar-refractivity contribution in [3.63, 3.8) is 0 Å². The lowest BCUT2D eigenvalue weighted by molar-refractivity contribution is -0.0176. The molecule has 0 spiro atoms. The molecule has 0 aliphatic carbocycles. The van der Waals surface area contributed by atoms with Crippen molar-refractivity contribution in [2.75, 3.05) is 6.61 Å². The van der Waals surface area contributed by atoms with Crippen LogP contribution in [0.3, 0.4) is 0 Å². The summed E-state index contributed by atoms with van der Waals surface area (Å²) in [5.41, 5.74) is 5.97. The van der Waals surface area contributed by atoms with E-state index in [4.69, 9.17) is 15.2 Å². The van der Waals surface area contributed by atoms with Gasteiger partial charge in [-0.05, 0) is 23.8 Å². The molecule has 3 rings (SSSR count). The fourth-order valence-corrected chi connectivity index (χ4v) is 2.77. The van der Waals surface area contributed by atoms with Gasteiger partial charge in [-0.1, -0.05) is 26.0 Å². The standard InChI is InChI=1S/C17H16F2N2O3/c1-17(2)8-23-12-7-9(10-5-6-13(18)21-15(10)19)3-4-11(12)14(17)24-16(20)22/h3-7,14H,8H2,1-2H3,(H2,20,22). The van der Waals surface area contributed by atoms with Crippen LogP contribution >= 0.6 is 0 Å². The number of ether oxygens (including phenoxy) is 2. The fraction of sp³-hybridized carbons (Fsp3) is 0.294. The van der Waals surface area contributed by atoms with E-state index >= 15 is 0 Å². The Bertz CT molecular complexity index is 808. The number of benzene rings is 1. The van der Waals surface area contributed by atoms with Gasteiger partial charge in [-0.2, -0.15) is 13.8 Å². The van der Waals surface area contributed by atoms with Crippen LogP contribution in [0.4, 0.5) is 13.6 Å². The minimum absolute atomic E-state index is 0.153. The molecule has 5 nitrogen and oxygen atoms in total. The molecule has 0 radical (unpaired) electrons. The van der Waals surface area contributed by atoms with Crippen LogP contribution in [0.25, 0.3) is 11.1 Å². The van der Waals surface area contributed by atoms with E-state index in [9.17, 15) is 13.6 Å². The Labute approximate surface area is 137 Å². The highest BCUT2D eigenvalue weighted by atomic mass is 19.1. The lowest BCUT2D eigenvalue weighted by Gasteiger charge is -2.38. The fourth-order valence-electron chi connectivity index (χ4n) is 2.77. The number of primary amides is 1. The number of halogens is 2. The molecule has 0 bridgehead atoms. The monoisotopic (exact) mass is 334 g/mol. The van der Waals surface area contributed by atoms with Crippen LogP contribution in [-0.4, -0.2) is 17.7 Å². The van der Waals surface area contributed by atoms with Crippen LogP contribution in [0.5, 0.6) is 5.75 Å². The van der Waals surface area contributed by atoms with Gasteiger partial charge in [0.15, 0.2) is 0 Å². The van der Waals surface area contributed by atoms with Gasteiger partial charge in [-0.15, -0.1) is 0 Å². The van der Waals surface area contributed by atoms with Crippen LogP contribution in [0.1, 0.15) is 25.5 Å². The predicted molar refractivity (Wildman–Crippen MR) is 82.3 cm³/mol. The van der Waals surface area contributed by atoms with Gasteiger partial charge in [-0.25, -0.2) is 4.79 Å². The van der Waals surface area contributed by atoms with Gasteiger partial charge in [-0.3, -0.25) is 0 Å². The largest absolute Gasteiger partial charge is 0.492 e. The highest BCUT2D eigenvalue weighted by Crippen LogP contribution is 2.46. The molecule has 1 aromatic heterocycles. The summed E-state index contributed by atoms with van der Waals surface area (Å²) in [4.78, 5) is 14.4. The van der Waals surface area contributed by atoms with Crippen molar-refractivity contribution in [1.29, 1.82) is 0 Å². The molecule has 1 aromatic carbocycles. The molecule has 2 aromatic rings. The smallest absolute Gasteiger partial charge is 0.405 e. The molecule has 0 saturated heterocycles. The molecule has 1 atom stereocenters. The molecule has 1 aliphatic heterocycles. The van der Waals surface area contributed by atoms with E-state index in [1.54, 1.807) is 18.2 Å². The van der Waals surface area contributed by atoms with Gasteiger partial charge >= 0.3 is 6.09 Å². The lowest BCUT2D eigenvalue weighted by atomic mass is 9.80. The average Bonchev–Trinajstić information content (AvgIpc) is 2.50. The minimum atomic E-state index is -0.906. The summed E-state index contributed by atoms with van der Waals surface area (Å²) in [6.07, 6.45) is -1.46. The van der Waals surface area contributed by atoms with Crippen LogP contribution in [0, 0.1) is 17.3 Å². The van der Waals surface area contributed by atoms with Gasteiger partial charge in [0, 0.05) is 16.5 Å². The predicted octanol–water partition coefficient (Wildman–Crippen LogP) is 3.58. The van der Waals surface area contributed by atoms with E-state index in [0.29, 0.717) is 23.5 Å². The number of amides is 1. The minimum Gasteiger partial charge on any atom is -0.492 e. The van der Waals surface area contributed by atoms with Crippen molar-refractivity contribution in [2.24, 2.45) is 11.1 Å². The van der Waals surface area contributed by atoms with Gasteiger partial charge in [0.05, 0.1) is 6.61 Å². The second kappa shape index (κ2) is 5.74. The maximum atomic E-state index is 13.9. The quantitative estimate of drug-likeness (QED) is 0.852. The summed E-state index contributed by atoms with van der Waals surface area (Å²) < 4.78 is 37.8. The van der Waals surface area contributed by atoms with E-state index < -0.39 is 29.5 Å². The van der Waals surface area contributed by atoms with Gasteiger partial charge in [0.1, 0.15) is 11.9 Å². The van der Waals surface area contributed by atoms with Crippen LogP contribution in [-0.2, 0) is 4.74 Å². The number of aromatic nitrogens is 1. The Hall–Kier alpha value is -2.70. The number of carbonyl (C=O) groups excluding carboxylic acids is 1. The second-order valence-corrected chi connectivity index (χ2v) is 6.32. The first-order chi connectivity index (χ1) is 11.3. The molecular formula is C17H16F2N2O3. The maximum absolute atomic E-state index is 13.9. The van der Waals surface area contributed by atoms with Crippen molar-refractivity contribution in [2.45, 2.75) is 20.0 Å². The van der Waals surface area contributed by atoms with E-state index in [2.05, 4.69) is 4.98 Å². The molecule has 1 amide bonds. The number of fused-ring (bicyclic) bond motifs is 1. The molecule has 2 N–H and O–H groups in total. The molecule has 1 unspecified atom stereocenters. The van der Waals surface area contributed by atoms with Crippen molar-refractivity contribution in [1.82, 2.24) is 4.98 Å². The summed E-state index contributed by atoms with van der Waals surface area (Å²) in [5, 5.41) is 0. The highest BCUT2D eigenvalue weighted by Gasteiger charge is 2.40. The number of hydrogen-bond acceptors (Lipinski definition) is 4. The lowest BCUT2D eigenvalue weighted by Crippen LogP contribution is -2.37. The maximum Gasteiger partial charge on any atom is 0.405 e. The van der Waals surface area contributed by atoms with Crippen LogP contribution < -0.4 is 10.5 Å². The number of pyridine rings is 1. The third kappa shape index (κ3) is 2.89. The summed E-state index contributed by atoms with van der Waals surface area (Å²) in [5.74, 6) is -1.33. The molecule has 1 aliphatic rings. The number of hydrogen-bond donors (Lipinski definition) is 1. The van der Waals surface area contributed by atoms with Gasteiger partial charge < -0.3 is 15.2 Å². The Morgan fingerprint density at radius 1 is 1.33 bits per heavy atom. The summed E-state index contributed by atoms with van der Waals surface area (Å²) in [6, 6.07) is 7.32. The first-order valence-electron chi connectivity index (χ1n) is 7.33. The van der Waals surface area contributed by atoms with Crippen molar-refractivity contribution in [3.05, 3.63) is 47.8 Å². The first-order valence-corrected chi connectivity index (χ1v) is 7.33. The van der Waals surface area contributed by atoms with E-state index in [1.807, 2.05) is 13.8 Å². The molecule has 126 valence electrons. The Balaban J connectivity index is 2.04. The zero-order chi connectivity index (χ0) is 17.5. The van der Waals surface area contributed by atoms with E-state index in [-0.39, 0.29) is 5.56 Å². The number of nitrogens with zero attached hydrogens (tertiary/aromatic N) is 1. The van der Waals surface area contributed by atoms with Gasteiger partial charge in [0.25, 0.3) is 0 Å². The third-order valence-corrected chi connectivity index (χ3v) is 3.97. The SMILES string of the molecule is CC1(C)COc2cc(-c3ccc(F)nc3F)ccc2C1OC(N)=O. The first kappa shape index (κ1) is 16.2. The molecule has 24 heavy (non-hydrogen) atoms. The summed E-state index contributed by atoms with van der Waals surface area (Å²) >= 11 is 0. The Morgan fingerprint density at radius 2 is 2.08 bits per heavy atom. The molecule has 7 heteroatoms. The van der Waals surface area contributed by atoms with Gasteiger partial charge in [0.2, 0.25) is 11.9 Å². The summed E-state index contributed by atoms with van der Waals surface area (Å²) in [7, 11) is 0. The number of rotatable bonds is 2. The Morgan fingerprint density at radius 3 is 2.75 bits per heavy atom. The normalized spacial score (nSPS) is 18.4. The zero-order valence-electron chi connectivity index (χ0n) is 13.2. The van der Waals surface area contributed by atoms with Crippen LogP contribution in [0.15, 0.2) is 30.3 Å². The number of carbonyl (C=O) groups is 1. The summed E-state index contributed by atoms with van der Waals surface area (Å²) in [6.45, 7) is 4.08. The average molecular weight is 334 g/mol. The van der Waals surface area contributed by atoms with Crippen molar-refractivity contribution < 1.29 is 23.0 Å². The topological polar surface area (TPSA) is 74.4 Å². The molecule has 2 heterocycles. The number of nitrogens with two attached hydrogens (primary N) is 1. The van der Waals surface area contributed by atoms with Crippen molar-refractivity contribution in [3.8, 4) is 16.9 Å². The second-order valence-electron chi connectivity index (χ2n) is 6.32. The van der Waals surface area contributed by atoms with Crippen LogP contribution in [0.2, 0.25) is 0 Å². The third-order valence-electron chi connectivity index (χ3n) is 3.97. The molecule has 0 fully saturated rings. The highest BCUT2D eigenvalue weighted by molar-refractivity contribution is 5.68. The van der Waals surface area contributed by atoms with Crippen molar-refractivity contribution >= 4 is 6.09 Å². The van der Waals surface area contributed by atoms with E-state index in [1.165, 1.54) is 6.07 Å². The zero-order valence-corrected chi connectivity index (χ0v) is 13.2. The van der Waals surface area contributed by atoms with E-state index in [0.717, 1.165) is 6.07 Å². The molecule has 0 saturated carbocycles.